The van der Waals surface area contributed by atoms with Crippen molar-refractivity contribution in [1.29, 1.82) is 0 Å². The Kier molecular flexibility index (Phi) is 54.5. The quantitative estimate of drug-likeness (QED) is 0.0272. The molecule has 0 bridgehead atoms. The van der Waals surface area contributed by atoms with Crippen LogP contribution >= 0.6 is 7.82 Å². The molecule has 1 amide bonds. The first-order valence-electron chi connectivity index (χ1n) is 31.9. The Morgan fingerprint density at radius 2 is 0.767 bits per heavy atom. The smallest absolute Gasteiger partial charge is 0.268 e. The molecule has 3 unspecified atom stereocenters. The van der Waals surface area contributed by atoms with Crippen LogP contribution in [0.5, 0.6) is 0 Å². The number of hydrogen-bond acceptors (Lipinski definition) is 6. The summed E-state index contributed by atoms with van der Waals surface area (Å²) >= 11 is 0. The molecule has 0 aromatic carbocycles. The number of hydrogen-bond donors (Lipinski definition) is 2. The Bertz CT molecular complexity index is 1280. The maximum atomic E-state index is 13.0. The molecule has 0 aromatic rings. The molecule has 0 aromatic heterocycles. The lowest BCUT2D eigenvalue weighted by Crippen LogP contribution is -2.45. The van der Waals surface area contributed by atoms with Crippen molar-refractivity contribution in [3.05, 3.63) is 36.5 Å². The fourth-order valence-corrected chi connectivity index (χ4v) is 10.3. The van der Waals surface area contributed by atoms with E-state index in [0.717, 1.165) is 44.9 Å². The third-order valence-corrected chi connectivity index (χ3v) is 15.5. The van der Waals surface area contributed by atoms with Crippen molar-refractivity contribution < 1.29 is 32.9 Å². The number of carbonyl (C=O) groups is 1. The van der Waals surface area contributed by atoms with Crippen LogP contribution in [0, 0.1) is 0 Å². The average Bonchev–Trinajstić information content (AvgIpc) is 3.35. The molecule has 0 aliphatic heterocycles. The highest BCUT2D eigenvalue weighted by Gasteiger charge is 2.23. The molecule has 0 rings (SSSR count). The Balaban J connectivity index is 4.18. The van der Waals surface area contributed by atoms with Crippen molar-refractivity contribution in [1.82, 2.24) is 5.32 Å². The zero-order valence-electron chi connectivity index (χ0n) is 49.4. The largest absolute Gasteiger partial charge is 0.756 e. The van der Waals surface area contributed by atoms with E-state index in [9.17, 15) is 19.4 Å². The second-order valence-corrected chi connectivity index (χ2v) is 24.5. The van der Waals surface area contributed by atoms with Gasteiger partial charge in [-0.2, -0.15) is 0 Å². The van der Waals surface area contributed by atoms with E-state index in [1.54, 1.807) is 6.08 Å². The van der Waals surface area contributed by atoms with Crippen LogP contribution in [0.25, 0.3) is 0 Å². The Hall–Kier alpha value is -1.28. The molecule has 0 radical (unpaired) electrons. The number of nitrogens with one attached hydrogen (secondary N) is 1. The van der Waals surface area contributed by atoms with Gasteiger partial charge in [0.2, 0.25) is 5.91 Å². The van der Waals surface area contributed by atoms with Gasteiger partial charge in [-0.15, -0.1) is 0 Å². The number of amides is 1. The summed E-state index contributed by atoms with van der Waals surface area (Å²) in [4.78, 5) is 25.5. The predicted octanol–water partition coefficient (Wildman–Crippen LogP) is 19.1. The number of allylic oxidation sites excluding steroid dienone is 5. The van der Waals surface area contributed by atoms with E-state index < -0.39 is 26.6 Å². The van der Waals surface area contributed by atoms with Gasteiger partial charge >= 0.3 is 0 Å². The van der Waals surface area contributed by atoms with Gasteiger partial charge < -0.3 is 28.8 Å². The summed E-state index contributed by atoms with van der Waals surface area (Å²) < 4.78 is 23.4. The van der Waals surface area contributed by atoms with Gasteiger partial charge in [0.15, 0.2) is 0 Å². The lowest BCUT2D eigenvalue weighted by Gasteiger charge is -2.29. The number of aliphatic hydroxyl groups is 1. The number of unbranched alkanes of at least 4 members (excludes halogenated alkanes) is 42. The maximum Gasteiger partial charge on any atom is 0.268 e. The minimum atomic E-state index is -4.61. The molecule has 432 valence electrons. The number of phosphoric ester groups is 1. The summed E-state index contributed by atoms with van der Waals surface area (Å²) in [6, 6.07) is -0.908. The molecular weight excluding hydrogens is 924 g/mol. The SMILES string of the molecule is CCCCCCCCCCCCCCCCCCCCC/C=C/CC/C=C/CC/C=C/C(O)C(COP(=O)([O-])OCC[N+](C)(C)C)NC(=O)CCCCCCCCCCCCCCCCCCCCCCCC. The van der Waals surface area contributed by atoms with Crippen molar-refractivity contribution in [2.45, 2.75) is 328 Å². The number of aliphatic hydroxyl groups excluding tert-OH is 1. The fraction of sp³-hybridized carbons (Fsp3) is 0.891. The minimum absolute atomic E-state index is 0.00722. The summed E-state index contributed by atoms with van der Waals surface area (Å²) in [5.74, 6) is -0.205. The van der Waals surface area contributed by atoms with Gasteiger partial charge in [0.1, 0.15) is 13.2 Å². The first kappa shape index (κ1) is 71.7. The average molecular weight is 1050 g/mol. The second kappa shape index (κ2) is 55.5. The second-order valence-electron chi connectivity index (χ2n) is 23.1. The van der Waals surface area contributed by atoms with Gasteiger partial charge in [-0.1, -0.05) is 301 Å². The van der Waals surface area contributed by atoms with E-state index in [0.29, 0.717) is 17.4 Å². The zero-order valence-corrected chi connectivity index (χ0v) is 50.3. The van der Waals surface area contributed by atoms with Crippen molar-refractivity contribution in [2.75, 3.05) is 40.9 Å². The van der Waals surface area contributed by atoms with E-state index in [4.69, 9.17) is 9.05 Å². The van der Waals surface area contributed by atoms with Crippen LogP contribution in [0.1, 0.15) is 316 Å². The summed E-state index contributed by atoms with van der Waals surface area (Å²) in [5, 5.41) is 13.9. The van der Waals surface area contributed by atoms with E-state index in [1.165, 1.54) is 250 Å². The Morgan fingerprint density at radius 1 is 0.466 bits per heavy atom. The normalized spacial score (nSPS) is 14.0. The molecule has 0 saturated heterocycles. The number of rotatable bonds is 59. The standard InChI is InChI=1S/C64H125N2O6P/c1-6-8-10-12-14-16-18-20-22-24-26-28-30-31-32-33-34-35-36-37-39-41-43-45-47-49-51-53-55-57-63(67)62(61-72-73(69,70)71-60-59-66(3,4)5)65-64(68)58-56-54-52-50-48-46-44-42-40-38-29-27-25-23-21-19-17-15-13-11-9-7-2/h39,41,47,49,55,57,62-63,67H,6-38,40,42-46,48,50-54,56,58-61H2,1-5H3,(H-,65,68,69,70)/b41-39+,49-47+,57-55+. The van der Waals surface area contributed by atoms with E-state index in [1.807, 2.05) is 27.2 Å². The number of carbonyl (C=O) groups excluding carboxylic acids is 1. The van der Waals surface area contributed by atoms with Crippen LogP contribution in [0.3, 0.4) is 0 Å². The first-order valence-corrected chi connectivity index (χ1v) is 33.3. The van der Waals surface area contributed by atoms with Crippen LogP contribution in [0.4, 0.5) is 0 Å². The molecule has 2 N–H and O–H groups in total. The molecule has 0 spiro atoms. The Labute approximate surface area is 455 Å². The van der Waals surface area contributed by atoms with Gasteiger partial charge in [0.25, 0.3) is 7.82 Å². The molecule has 73 heavy (non-hydrogen) atoms. The molecule has 0 aliphatic carbocycles. The molecule has 0 fully saturated rings. The van der Waals surface area contributed by atoms with Crippen LogP contribution in [-0.2, 0) is 18.4 Å². The minimum Gasteiger partial charge on any atom is -0.756 e. The highest BCUT2D eigenvalue weighted by Crippen LogP contribution is 2.38. The maximum absolute atomic E-state index is 13.0. The van der Waals surface area contributed by atoms with Gasteiger partial charge in [0.05, 0.1) is 39.9 Å². The highest BCUT2D eigenvalue weighted by atomic mass is 31.2. The van der Waals surface area contributed by atoms with Gasteiger partial charge in [0, 0.05) is 6.42 Å². The topological polar surface area (TPSA) is 108 Å². The Morgan fingerprint density at radius 3 is 1.11 bits per heavy atom. The van der Waals surface area contributed by atoms with Crippen LogP contribution in [-0.4, -0.2) is 68.5 Å². The summed E-state index contributed by atoms with van der Waals surface area (Å²) in [6.45, 7) is 4.67. The van der Waals surface area contributed by atoms with E-state index >= 15 is 0 Å². The van der Waals surface area contributed by atoms with Crippen LogP contribution in [0.2, 0.25) is 0 Å². The fourth-order valence-electron chi connectivity index (χ4n) is 9.60. The molecule has 3 atom stereocenters. The summed E-state index contributed by atoms with van der Waals surface area (Å²) in [5.41, 5.74) is 0. The molecule has 8 nitrogen and oxygen atoms in total. The van der Waals surface area contributed by atoms with Crippen molar-refractivity contribution in [2.24, 2.45) is 0 Å². The van der Waals surface area contributed by atoms with E-state index in [-0.39, 0.29) is 12.5 Å². The molecular formula is C64H125N2O6P. The molecule has 0 saturated carbocycles. The van der Waals surface area contributed by atoms with Crippen LogP contribution in [0.15, 0.2) is 36.5 Å². The molecule has 0 heterocycles. The molecule has 9 heteroatoms. The number of likely N-dealkylation sites (N-methyl/N-ethyl adjacent to an activating group) is 1. The van der Waals surface area contributed by atoms with E-state index in [2.05, 4.69) is 43.5 Å². The monoisotopic (exact) mass is 1050 g/mol. The third-order valence-electron chi connectivity index (χ3n) is 14.6. The van der Waals surface area contributed by atoms with Crippen LogP contribution < -0.4 is 10.2 Å². The van der Waals surface area contributed by atoms with Gasteiger partial charge in [-0.3, -0.25) is 9.36 Å². The highest BCUT2D eigenvalue weighted by molar-refractivity contribution is 7.45. The summed E-state index contributed by atoms with van der Waals surface area (Å²) in [6.07, 6.45) is 72.5. The van der Waals surface area contributed by atoms with Gasteiger partial charge in [-0.25, -0.2) is 0 Å². The zero-order chi connectivity index (χ0) is 53.5. The first-order chi connectivity index (χ1) is 35.5. The van der Waals surface area contributed by atoms with Crippen molar-refractivity contribution in [3.63, 3.8) is 0 Å². The summed E-state index contributed by atoms with van der Waals surface area (Å²) in [7, 11) is 1.25. The number of nitrogens with zero attached hydrogens (tertiary/aromatic N) is 1. The lowest BCUT2D eigenvalue weighted by molar-refractivity contribution is -0.870. The third kappa shape index (κ3) is 58.2. The van der Waals surface area contributed by atoms with Crippen molar-refractivity contribution >= 4 is 13.7 Å². The number of phosphoric acid groups is 1. The molecule has 0 aliphatic rings. The lowest BCUT2D eigenvalue weighted by atomic mass is 10.0. The number of quaternary nitrogens is 1. The van der Waals surface area contributed by atoms with Gasteiger partial charge in [-0.05, 0) is 44.9 Å². The van der Waals surface area contributed by atoms with Crippen molar-refractivity contribution in [3.8, 4) is 0 Å². The predicted molar refractivity (Wildman–Crippen MR) is 316 cm³/mol.